The van der Waals surface area contributed by atoms with Crippen molar-refractivity contribution in [2.75, 3.05) is 18.5 Å². The first-order chi connectivity index (χ1) is 17.8. The van der Waals surface area contributed by atoms with Gasteiger partial charge in [-0.15, -0.1) is 0 Å². The number of hydrogen-bond donors (Lipinski definition) is 1. The quantitative estimate of drug-likeness (QED) is 0.241. The van der Waals surface area contributed by atoms with Crippen LogP contribution in [0.3, 0.4) is 0 Å². The molecular formula is C26H21ClN2O6S2. The van der Waals surface area contributed by atoms with Crippen molar-refractivity contribution in [3.63, 3.8) is 0 Å². The van der Waals surface area contributed by atoms with Gasteiger partial charge in [0.2, 0.25) is 5.91 Å². The third-order valence-corrected chi connectivity index (χ3v) is 7.09. The SMILES string of the molecule is CCCOC(=O)c1cc(NC(=O)CN2C(=O)S/C(=C\c3ccc(Sc4ccccc4)o3)C2=O)ccc1Cl. The number of carbonyl (C=O) groups is 4. The number of thioether (sulfide) groups is 1. The van der Waals surface area contributed by atoms with Gasteiger partial charge in [0.05, 0.1) is 22.1 Å². The predicted octanol–water partition coefficient (Wildman–Crippen LogP) is 6.33. The summed E-state index contributed by atoms with van der Waals surface area (Å²) in [6.45, 7) is 1.61. The fourth-order valence-electron chi connectivity index (χ4n) is 3.21. The number of esters is 1. The van der Waals surface area contributed by atoms with Gasteiger partial charge in [0.15, 0.2) is 5.09 Å². The van der Waals surface area contributed by atoms with E-state index in [0.717, 1.165) is 21.6 Å². The van der Waals surface area contributed by atoms with Crippen molar-refractivity contribution in [1.82, 2.24) is 4.90 Å². The molecule has 37 heavy (non-hydrogen) atoms. The fourth-order valence-corrected chi connectivity index (χ4v) is 5.03. The Bertz CT molecular complexity index is 1370. The molecule has 0 aliphatic carbocycles. The van der Waals surface area contributed by atoms with E-state index in [-0.39, 0.29) is 27.8 Å². The van der Waals surface area contributed by atoms with Gasteiger partial charge in [-0.2, -0.15) is 0 Å². The summed E-state index contributed by atoms with van der Waals surface area (Å²) >= 11 is 8.23. The van der Waals surface area contributed by atoms with Crippen LogP contribution in [0.15, 0.2) is 80.0 Å². The van der Waals surface area contributed by atoms with Crippen LogP contribution in [-0.2, 0) is 14.3 Å². The van der Waals surface area contributed by atoms with Crippen LogP contribution in [0.1, 0.15) is 29.5 Å². The van der Waals surface area contributed by atoms with Crippen molar-refractivity contribution in [2.45, 2.75) is 23.3 Å². The van der Waals surface area contributed by atoms with Crippen LogP contribution >= 0.6 is 35.1 Å². The smallest absolute Gasteiger partial charge is 0.339 e. The molecule has 1 N–H and O–H groups in total. The third-order valence-electron chi connectivity index (χ3n) is 4.92. The zero-order chi connectivity index (χ0) is 26.4. The molecule has 0 saturated carbocycles. The Kier molecular flexibility index (Phi) is 8.75. The molecule has 0 spiro atoms. The summed E-state index contributed by atoms with van der Waals surface area (Å²) in [5, 5.41) is 2.82. The number of nitrogens with zero attached hydrogens (tertiary/aromatic N) is 1. The standard InChI is InChI=1S/C26H21ClN2O6S2/c1-2-12-34-25(32)19-13-16(8-10-20(19)27)28-22(30)15-29-24(31)21(37-26(29)33)14-17-9-11-23(35-17)36-18-6-4-3-5-7-18/h3-11,13-14H,2,12,15H2,1H3,(H,28,30)/b21-14-. The number of benzene rings is 2. The van der Waals surface area contributed by atoms with E-state index in [1.54, 1.807) is 12.1 Å². The first kappa shape index (κ1) is 26.6. The highest BCUT2D eigenvalue weighted by atomic mass is 35.5. The van der Waals surface area contributed by atoms with E-state index in [1.807, 2.05) is 37.3 Å². The summed E-state index contributed by atoms with van der Waals surface area (Å²) in [4.78, 5) is 52.0. The van der Waals surface area contributed by atoms with Crippen molar-refractivity contribution >= 4 is 69.9 Å². The maximum Gasteiger partial charge on any atom is 0.339 e. The lowest BCUT2D eigenvalue weighted by molar-refractivity contribution is -0.127. The number of rotatable bonds is 9. The van der Waals surface area contributed by atoms with Crippen molar-refractivity contribution in [2.24, 2.45) is 0 Å². The summed E-state index contributed by atoms with van der Waals surface area (Å²) in [5.41, 5.74) is 0.379. The summed E-state index contributed by atoms with van der Waals surface area (Å²) < 4.78 is 10.9. The van der Waals surface area contributed by atoms with Gasteiger partial charge in [0.1, 0.15) is 12.3 Å². The second-order valence-corrected chi connectivity index (χ2v) is 10.2. The topological polar surface area (TPSA) is 106 Å². The average molecular weight is 557 g/mol. The van der Waals surface area contributed by atoms with Crippen LogP contribution in [-0.4, -0.2) is 41.1 Å². The van der Waals surface area contributed by atoms with Gasteiger partial charge in [-0.1, -0.05) is 48.5 Å². The number of amides is 3. The number of nitrogens with one attached hydrogen (secondary N) is 1. The minimum atomic E-state index is -0.613. The van der Waals surface area contributed by atoms with Gasteiger partial charge in [-0.05, 0) is 60.6 Å². The number of imide groups is 1. The van der Waals surface area contributed by atoms with Crippen LogP contribution < -0.4 is 5.32 Å². The molecule has 1 fully saturated rings. The van der Waals surface area contributed by atoms with E-state index in [2.05, 4.69) is 5.32 Å². The van der Waals surface area contributed by atoms with Crippen LogP contribution in [0.4, 0.5) is 10.5 Å². The molecule has 0 bridgehead atoms. The molecule has 1 aliphatic rings. The van der Waals surface area contributed by atoms with E-state index in [4.69, 9.17) is 20.8 Å². The molecule has 3 amide bonds. The molecule has 1 aromatic heterocycles. The van der Waals surface area contributed by atoms with E-state index >= 15 is 0 Å². The maximum atomic E-state index is 12.8. The summed E-state index contributed by atoms with van der Waals surface area (Å²) in [6, 6.07) is 17.5. The molecule has 0 radical (unpaired) electrons. The third kappa shape index (κ3) is 6.85. The lowest BCUT2D eigenvalue weighted by Crippen LogP contribution is -2.36. The molecule has 190 valence electrons. The Balaban J connectivity index is 1.39. The molecule has 1 saturated heterocycles. The molecule has 11 heteroatoms. The van der Waals surface area contributed by atoms with Gasteiger partial charge in [-0.25, -0.2) is 4.79 Å². The summed E-state index contributed by atoms with van der Waals surface area (Å²) in [7, 11) is 0. The Hall–Kier alpha value is -3.47. The second kappa shape index (κ2) is 12.2. The number of hydrogen-bond acceptors (Lipinski definition) is 8. The minimum absolute atomic E-state index is 0.102. The molecule has 8 nitrogen and oxygen atoms in total. The maximum absolute atomic E-state index is 12.8. The van der Waals surface area contributed by atoms with E-state index in [9.17, 15) is 19.2 Å². The fraction of sp³-hybridized carbons (Fsp3) is 0.154. The monoisotopic (exact) mass is 556 g/mol. The first-order valence-corrected chi connectivity index (χ1v) is 13.2. The van der Waals surface area contributed by atoms with Crippen LogP contribution in [0.25, 0.3) is 6.08 Å². The van der Waals surface area contributed by atoms with Gasteiger partial charge in [0, 0.05) is 16.7 Å². The Labute approximate surface area is 226 Å². The zero-order valence-corrected chi connectivity index (χ0v) is 22.0. The number of ether oxygens (including phenoxy) is 1. The Morgan fingerprint density at radius 3 is 2.68 bits per heavy atom. The average Bonchev–Trinajstić information content (AvgIpc) is 3.43. The first-order valence-electron chi connectivity index (χ1n) is 11.2. The van der Waals surface area contributed by atoms with Crippen LogP contribution in [0.2, 0.25) is 5.02 Å². The number of furan rings is 1. The Morgan fingerprint density at radius 1 is 1.14 bits per heavy atom. The van der Waals surface area contributed by atoms with E-state index in [0.29, 0.717) is 17.3 Å². The zero-order valence-electron chi connectivity index (χ0n) is 19.6. The lowest BCUT2D eigenvalue weighted by atomic mass is 10.2. The van der Waals surface area contributed by atoms with Gasteiger partial charge < -0.3 is 14.5 Å². The number of carbonyl (C=O) groups excluding carboxylic acids is 4. The van der Waals surface area contributed by atoms with Crippen molar-refractivity contribution in [1.29, 1.82) is 0 Å². The molecule has 0 atom stereocenters. The van der Waals surface area contributed by atoms with Crippen molar-refractivity contribution in [3.05, 3.63) is 81.9 Å². The molecular weight excluding hydrogens is 536 g/mol. The van der Waals surface area contributed by atoms with E-state index < -0.39 is 29.6 Å². The molecule has 4 rings (SSSR count). The summed E-state index contributed by atoms with van der Waals surface area (Å²) in [5.74, 6) is -1.41. The summed E-state index contributed by atoms with van der Waals surface area (Å²) in [6.07, 6.45) is 2.13. The highest BCUT2D eigenvalue weighted by molar-refractivity contribution is 8.18. The normalized spacial score (nSPS) is 14.3. The predicted molar refractivity (Wildman–Crippen MR) is 143 cm³/mol. The van der Waals surface area contributed by atoms with Gasteiger partial charge >= 0.3 is 5.97 Å². The van der Waals surface area contributed by atoms with Crippen LogP contribution in [0, 0.1) is 0 Å². The molecule has 0 unspecified atom stereocenters. The minimum Gasteiger partial charge on any atom is -0.462 e. The molecule has 3 aromatic rings. The number of anilines is 1. The van der Waals surface area contributed by atoms with Crippen LogP contribution in [0.5, 0.6) is 0 Å². The highest BCUT2D eigenvalue weighted by Crippen LogP contribution is 2.34. The molecule has 2 heterocycles. The highest BCUT2D eigenvalue weighted by Gasteiger charge is 2.36. The van der Waals surface area contributed by atoms with E-state index in [1.165, 1.54) is 36.0 Å². The second-order valence-electron chi connectivity index (χ2n) is 7.72. The van der Waals surface area contributed by atoms with Gasteiger partial charge in [0.25, 0.3) is 11.1 Å². The molecule has 2 aromatic carbocycles. The lowest BCUT2D eigenvalue weighted by Gasteiger charge is -2.13. The number of halogens is 1. The molecule has 1 aliphatic heterocycles. The Morgan fingerprint density at radius 2 is 1.92 bits per heavy atom. The van der Waals surface area contributed by atoms with Crippen molar-refractivity contribution in [3.8, 4) is 0 Å². The van der Waals surface area contributed by atoms with Crippen molar-refractivity contribution < 1.29 is 28.3 Å². The van der Waals surface area contributed by atoms with Gasteiger partial charge in [-0.3, -0.25) is 19.3 Å². The largest absolute Gasteiger partial charge is 0.462 e.